The van der Waals surface area contributed by atoms with Gasteiger partial charge in [0.25, 0.3) is 0 Å². The van der Waals surface area contributed by atoms with Gasteiger partial charge in [0.15, 0.2) is 12.0 Å². The number of rotatable bonds is 3. The molecule has 0 spiro atoms. The van der Waals surface area contributed by atoms with E-state index in [0.29, 0.717) is 0 Å². The van der Waals surface area contributed by atoms with Gasteiger partial charge >= 0.3 is 0 Å². The molecule has 2 aliphatic rings. The van der Waals surface area contributed by atoms with Crippen molar-refractivity contribution in [1.29, 1.82) is 0 Å². The van der Waals surface area contributed by atoms with Gasteiger partial charge in [-0.1, -0.05) is 24.3 Å². The Bertz CT molecular complexity index is 603. The molecular weight excluding hydrogens is 250 g/mol. The highest BCUT2D eigenvalue weighted by molar-refractivity contribution is 5.96. The number of Topliss-reactive ketones (excluding diaryl/α,β-unsaturated/α-hetero) is 1. The first-order valence-corrected chi connectivity index (χ1v) is 6.98. The summed E-state index contributed by atoms with van der Waals surface area (Å²) in [6.07, 6.45) is 2.72. The molecule has 2 heterocycles. The van der Waals surface area contributed by atoms with Crippen LogP contribution in [0, 0.1) is 0 Å². The number of allylic oxidation sites excluding steroid dienone is 2. The molecule has 3 heteroatoms. The third kappa shape index (κ3) is 1.85. The Morgan fingerprint density at radius 3 is 2.95 bits per heavy atom. The molecule has 0 saturated carbocycles. The van der Waals surface area contributed by atoms with Gasteiger partial charge in [-0.2, -0.15) is 0 Å². The van der Waals surface area contributed by atoms with E-state index in [1.807, 2.05) is 25.1 Å². The van der Waals surface area contributed by atoms with Crippen molar-refractivity contribution in [2.45, 2.75) is 32.4 Å². The summed E-state index contributed by atoms with van der Waals surface area (Å²) >= 11 is 0. The average Bonchev–Trinajstić information content (AvgIpc) is 2.42. The van der Waals surface area contributed by atoms with Crippen LogP contribution in [0.3, 0.4) is 0 Å². The fraction of sp³-hybridized carbons (Fsp3) is 0.353. The number of ether oxygens (including phenoxy) is 1. The van der Waals surface area contributed by atoms with E-state index in [1.165, 1.54) is 5.56 Å². The van der Waals surface area contributed by atoms with Gasteiger partial charge in [0.05, 0.1) is 0 Å². The number of carbonyl (C=O) groups is 1. The lowest BCUT2D eigenvalue weighted by atomic mass is 9.79. The molecule has 0 aromatic heterocycles. The van der Waals surface area contributed by atoms with E-state index < -0.39 is 0 Å². The number of fused-ring (bicyclic) bond motifs is 4. The molecule has 20 heavy (non-hydrogen) atoms. The van der Waals surface area contributed by atoms with Crippen molar-refractivity contribution in [3.63, 3.8) is 0 Å². The Hall–Kier alpha value is -2.03. The molecule has 0 N–H and O–H groups in total. The molecule has 104 valence electrons. The van der Waals surface area contributed by atoms with Crippen molar-refractivity contribution in [1.82, 2.24) is 0 Å². The normalized spacial score (nSPS) is 24.0. The molecule has 2 bridgehead atoms. The van der Waals surface area contributed by atoms with E-state index in [-0.39, 0.29) is 17.9 Å². The highest BCUT2D eigenvalue weighted by atomic mass is 16.5. The van der Waals surface area contributed by atoms with Crippen LogP contribution in [-0.4, -0.2) is 18.6 Å². The third-order valence-electron chi connectivity index (χ3n) is 4.15. The van der Waals surface area contributed by atoms with E-state index >= 15 is 0 Å². The first-order chi connectivity index (χ1) is 9.63. The van der Waals surface area contributed by atoms with Crippen LogP contribution < -0.4 is 4.90 Å². The number of para-hydroxylation sites is 1. The van der Waals surface area contributed by atoms with Crippen LogP contribution in [0.2, 0.25) is 0 Å². The zero-order chi connectivity index (χ0) is 14.3. The van der Waals surface area contributed by atoms with Crippen LogP contribution in [0.25, 0.3) is 0 Å². The summed E-state index contributed by atoms with van der Waals surface area (Å²) in [6, 6.07) is 8.28. The van der Waals surface area contributed by atoms with Crippen molar-refractivity contribution in [2.75, 3.05) is 11.4 Å². The van der Waals surface area contributed by atoms with E-state index in [4.69, 9.17) is 4.74 Å². The van der Waals surface area contributed by atoms with Gasteiger partial charge in [-0.05, 0) is 25.5 Å². The highest BCUT2D eigenvalue weighted by Crippen LogP contribution is 2.47. The minimum Gasteiger partial charge on any atom is -0.475 e. The lowest BCUT2D eigenvalue weighted by Gasteiger charge is -2.45. The number of carbonyl (C=O) groups excluding carboxylic acids is 1. The highest BCUT2D eigenvalue weighted by Gasteiger charge is 2.40. The summed E-state index contributed by atoms with van der Waals surface area (Å²) in [5.41, 5.74) is 3.20. The molecule has 2 unspecified atom stereocenters. The summed E-state index contributed by atoms with van der Waals surface area (Å²) in [6.45, 7) is 8.10. The number of ketones is 1. The van der Waals surface area contributed by atoms with Gasteiger partial charge in [0, 0.05) is 30.1 Å². The van der Waals surface area contributed by atoms with E-state index in [1.54, 1.807) is 6.92 Å². The molecule has 0 aliphatic carbocycles. The maximum absolute atomic E-state index is 12.0. The second-order valence-corrected chi connectivity index (χ2v) is 5.39. The molecule has 3 nitrogen and oxygen atoms in total. The van der Waals surface area contributed by atoms with Crippen molar-refractivity contribution in [3.8, 4) is 0 Å². The molecular formula is C17H19NO2. The first kappa shape index (κ1) is 13.0. The average molecular weight is 269 g/mol. The Labute approximate surface area is 119 Å². The van der Waals surface area contributed by atoms with Gasteiger partial charge in [0.2, 0.25) is 0 Å². The predicted molar refractivity (Wildman–Crippen MR) is 79.6 cm³/mol. The van der Waals surface area contributed by atoms with Crippen molar-refractivity contribution in [2.24, 2.45) is 0 Å². The van der Waals surface area contributed by atoms with Crippen molar-refractivity contribution < 1.29 is 9.53 Å². The number of hydrogen-bond acceptors (Lipinski definition) is 3. The molecule has 1 aromatic carbocycles. The standard InChI is InChI=1S/C17H19NO2/c1-4-9-18-15-8-6-5-7-13(15)14-10-16(18)20-12(3)17(14)11(2)19/h4-8,14,16H,1,9-10H2,2-3H3. The summed E-state index contributed by atoms with van der Waals surface area (Å²) in [5.74, 6) is 1.03. The largest absolute Gasteiger partial charge is 0.475 e. The minimum atomic E-state index is -0.00370. The second-order valence-electron chi connectivity index (χ2n) is 5.39. The molecule has 0 fully saturated rings. The quantitative estimate of drug-likeness (QED) is 0.788. The van der Waals surface area contributed by atoms with Crippen LogP contribution in [0.15, 0.2) is 48.3 Å². The molecule has 2 aliphatic heterocycles. The summed E-state index contributed by atoms with van der Waals surface area (Å²) in [5, 5.41) is 0. The van der Waals surface area contributed by atoms with E-state index in [0.717, 1.165) is 30.0 Å². The summed E-state index contributed by atoms with van der Waals surface area (Å²) in [4.78, 5) is 14.2. The Balaban J connectivity index is 2.15. The zero-order valence-corrected chi connectivity index (χ0v) is 11.9. The number of anilines is 1. The SMILES string of the molecule is C=CCN1c2ccccc2C2CC1OC(C)=C2C(C)=O. The lowest BCUT2D eigenvalue weighted by molar-refractivity contribution is -0.114. The maximum Gasteiger partial charge on any atom is 0.173 e. The van der Waals surface area contributed by atoms with Gasteiger partial charge in [0.1, 0.15) is 5.76 Å². The molecule has 0 saturated heterocycles. The Kier molecular flexibility index (Phi) is 3.13. The number of benzene rings is 1. The van der Waals surface area contributed by atoms with Crippen LogP contribution in [0.5, 0.6) is 0 Å². The molecule has 1 aromatic rings. The van der Waals surface area contributed by atoms with Crippen molar-refractivity contribution in [3.05, 3.63) is 53.8 Å². The molecule has 0 amide bonds. The Morgan fingerprint density at radius 1 is 1.50 bits per heavy atom. The molecule has 2 atom stereocenters. The predicted octanol–water partition coefficient (Wildman–Crippen LogP) is 3.39. The maximum atomic E-state index is 12.0. The number of nitrogens with zero attached hydrogens (tertiary/aromatic N) is 1. The smallest absolute Gasteiger partial charge is 0.173 e. The van der Waals surface area contributed by atoms with Gasteiger partial charge in [-0.25, -0.2) is 0 Å². The van der Waals surface area contributed by atoms with Crippen LogP contribution in [-0.2, 0) is 9.53 Å². The summed E-state index contributed by atoms with van der Waals surface area (Å²) < 4.78 is 5.99. The van der Waals surface area contributed by atoms with Gasteiger partial charge < -0.3 is 9.64 Å². The fourth-order valence-electron chi connectivity index (χ4n) is 3.40. The van der Waals surface area contributed by atoms with E-state index in [2.05, 4.69) is 23.6 Å². The topological polar surface area (TPSA) is 29.5 Å². The van der Waals surface area contributed by atoms with E-state index in [9.17, 15) is 4.79 Å². The van der Waals surface area contributed by atoms with Gasteiger partial charge in [-0.15, -0.1) is 6.58 Å². The second kappa shape index (κ2) is 4.82. The van der Waals surface area contributed by atoms with Crippen LogP contribution >= 0.6 is 0 Å². The lowest BCUT2D eigenvalue weighted by Crippen LogP contribution is -2.45. The number of hydrogen-bond donors (Lipinski definition) is 0. The Morgan fingerprint density at radius 2 is 2.25 bits per heavy atom. The van der Waals surface area contributed by atoms with Crippen LogP contribution in [0.4, 0.5) is 5.69 Å². The van der Waals surface area contributed by atoms with Gasteiger partial charge in [-0.3, -0.25) is 4.79 Å². The zero-order valence-electron chi connectivity index (χ0n) is 11.9. The molecule has 3 rings (SSSR count). The van der Waals surface area contributed by atoms with Crippen molar-refractivity contribution >= 4 is 11.5 Å². The summed E-state index contributed by atoms with van der Waals surface area (Å²) in [7, 11) is 0. The minimum absolute atomic E-state index is 0.00370. The third-order valence-corrected chi connectivity index (χ3v) is 4.15. The molecule has 0 radical (unpaired) electrons. The first-order valence-electron chi connectivity index (χ1n) is 6.98. The van der Waals surface area contributed by atoms with Crippen LogP contribution in [0.1, 0.15) is 31.7 Å². The fourth-order valence-corrected chi connectivity index (χ4v) is 3.40. The monoisotopic (exact) mass is 269 g/mol.